The Morgan fingerprint density at radius 2 is 1.24 bits per heavy atom. The first kappa shape index (κ1) is 27.3. The van der Waals surface area contributed by atoms with Crippen molar-refractivity contribution in [1.29, 1.82) is 0 Å². The van der Waals surface area contributed by atoms with Crippen LogP contribution in [0.25, 0.3) is 11.0 Å². The molecule has 0 spiro atoms. The average molecular weight is 454 g/mol. The number of para-hydroxylation sites is 1. The van der Waals surface area contributed by atoms with Gasteiger partial charge in [0.15, 0.2) is 0 Å². The van der Waals surface area contributed by atoms with Gasteiger partial charge in [-0.15, -0.1) is 5.10 Å². The number of carbonyl (C=O) groups is 1. The van der Waals surface area contributed by atoms with Gasteiger partial charge in [-0.1, -0.05) is 126 Å². The second-order valence-corrected chi connectivity index (χ2v) is 9.46. The molecule has 0 aliphatic rings. The highest BCUT2D eigenvalue weighted by atomic mass is 16.2. The molecule has 0 saturated carbocycles. The maximum Gasteiger partial charge on any atom is 0.248 e. The minimum atomic E-state index is 0.0588. The Balaban J connectivity index is 1.30. The summed E-state index contributed by atoms with van der Waals surface area (Å²) >= 11 is 0. The maximum atomic E-state index is 12.4. The van der Waals surface area contributed by atoms with Crippen LogP contribution in [0, 0.1) is 0 Å². The van der Waals surface area contributed by atoms with E-state index in [4.69, 9.17) is 0 Å². The van der Waals surface area contributed by atoms with Crippen molar-refractivity contribution in [2.45, 2.75) is 129 Å². The first-order valence-electron chi connectivity index (χ1n) is 13.8. The van der Waals surface area contributed by atoms with Gasteiger partial charge in [-0.05, 0) is 37.8 Å². The quantitative estimate of drug-likeness (QED) is 0.148. The molecular formula is C29H47N3O. The van der Waals surface area contributed by atoms with Gasteiger partial charge in [0, 0.05) is 6.42 Å². The minimum Gasteiger partial charge on any atom is -0.273 e. The molecule has 0 aliphatic heterocycles. The van der Waals surface area contributed by atoms with Gasteiger partial charge in [0.2, 0.25) is 5.91 Å². The van der Waals surface area contributed by atoms with Crippen molar-refractivity contribution in [3.63, 3.8) is 0 Å². The van der Waals surface area contributed by atoms with E-state index in [0.29, 0.717) is 6.42 Å². The van der Waals surface area contributed by atoms with Gasteiger partial charge in [0.1, 0.15) is 5.52 Å². The van der Waals surface area contributed by atoms with Gasteiger partial charge in [-0.2, -0.15) is 4.68 Å². The lowest BCUT2D eigenvalue weighted by molar-refractivity contribution is 0.0886. The van der Waals surface area contributed by atoms with Crippen LogP contribution < -0.4 is 0 Å². The highest BCUT2D eigenvalue weighted by Gasteiger charge is 2.10. The lowest BCUT2D eigenvalue weighted by Crippen LogP contribution is -2.12. The number of rotatable bonds is 20. The van der Waals surface area contributed by atoms with E-state index >= 15 is 0 Å². The molecule has 0 fully saturated rings. The topological polar surface area (TPSA) is 47.8 Å². The van der Waals surface area contributed by atoms with Crippen LogP contribution in [0.15, 0.2) is 36.4 Å². The zero-order valence-corrected chi connectivity index (χ0v) is 21.1. The summed E-state index contributed by atoms with van der Waals surface area (Å²) in [5, 5.41) is 8.08. The van der Waals surface area contributed by atoms with Crippen molar-refractivity contribution in [3.8, 4) is 0 Å². The standard InChI is InChI=1S/C29H47N3O/c1-2-3-4-5-6-7-8-9-10-11-12-13-14-15-16-17-18-19-20-21-26-29(33)32-28-25-23-22-24-27(28)30-31-32/h3-4,22-25H,2,5-21,26H2,1H3/b4-3+. The largest absolute Gasteiger partial charge is 0.273 e. The molecule has 1 heterocycles. The van der Waals surface area contributed by atoms with E-state index in [1.807, 2.05) is 24.3 Å². The van der Waals surface area contributed by atoms with Crippen LogP contribution in [-0.4, -0.2) is 20.9 Å². The number of aromatic nitrogens is 3. The predicted molar refractivity (Wildman–Crippen MR) is 141 cm³/mol. The summed E-state index contributed by atoms with van der Waals surface area (Å²) < 4.78 is 1.46. The molecule has 1 aromatic heterocycles. The Kier molecular flexibility index (Phi) is 15.3. The molecule has 4 nitrogen and oxygen atoms in total. The molecule has 0 bridgehead atoms. The number of hydrogen-bond donors (Lipinski definition) is 0. The predicted octanol–water partition coefficient (Wildman–Crippen LogP) is 9.06. The number of nitrogens with zero attached hydrogens (tertiary/aromatic N) is 3. The van der Waals surface area contributed by atoms with E-state index in [0.717, 1.165) is 23.9 Å². The molecule has 33 heavy (non-hydrogen) atoms. The van der Waals surface area contributed by atoms with Crippen LogP contribution in [0.2, 0.25) is 0 Å². The fourth-order valence-electron chi connectivity index (χ4n) is 4.46. The number of allylic oxidation sites excluding steroid dienone is 2. The number of carbonyl (C=O) groups excluding carboxylic acids is 1. The van der Waals surface area contributed by atoms with Crippen molar-refractivity contribution < 1.29 is 4.79 Å². The lowest BCUT2D eigenvalue weighted by atomic mass is 10.0. The molecule has 0 atom stereocenters. The summed E-state index contributed by atoms with van der Waals surface area (Å²) in [6.45, 7) is 2.20. The van der Waals surface area contributed by atoms with Crippen molar-refractivity contribution in [2.75, 3.05) is 0 Å². The normalized spacial score (nSPS) is 11.7. The number of unbranched alkanes of at least 4 members (excludes halogenated alkanes) is 16. The summed E-state index contributed by atoms with van der Waals surface area (Å²) in [6.07, 6.45) is 29.1. The summed E-state index contributed by atoms with van der Waals surface area (Å²) in [7, 11) is 0. The first-order chi connectivity index (χ1) is 16.3. The van der Waals surface area contributed by atoms with E-state index in [1.54, 1.807) is 0 Å². The van der Waals surface area contributed by atoms with Crippen LogP contribution in [0.1, 0.15) is 134 Å². The number of fused-ring (bicyclic) bond motifs is 1. The Morgan fingerprint density at radius 3 is 1.82 bits per heavy atom. The van der Waals surface area contributed by atoms with Gasteiger partial charge < -0.3 is 0 Å². The fourth-order valence-corrected chi connectivity index (χ4v) is 4.46. The fraction of sp³-hybridized carbons (Fsp3) is 0.690. The van der Waals surface area contributed by atoms with Gasteiger partial charge in [0.25, 0.3) is 0 Å². The third kappa shape index (κ3) is 12.2. The molecule has 184 valence electrons. The van der Waals surface area contributed by atoms with Crippen LogP contribution >= 0.6 is 0 Å². The maximum absolute atomic E-state index is 12.4. The lowest BCUT2D eigenvalue weighted by Gasteiger charge is -2.04. The number of benzene rings is 1. The van der Waals surface area contributed by atoms with Crippen LogP contribution in [0.5, 0.6) is 0 Å². The molecule has 0 radical (unpaired) electrons. The molecule has 2 aromatic rings. The van der Waals surface area contributed by atoms with E-state index in [9.17, 15) is 4.79 Å². The number of hydrogen-bond acceptors (Lipinski definition) is 3. The second-order valence-electron chi connectivity index (χ2n) is 9.46. The van der Waals surface area contributed by atoms with E-state index < -0.39 is 0 Å². The van der Waals surface area contributed by atoms with Gasteiger partial charge in [-0.3, -0.25) is 4.79 Å². The van der Waals surface area contributed by atoms with Crippen LogP contribution in [0.4, 0.5) is 0 Å². The molecule has 2 rings (SSSR count). The first-order valence-corrected chi connectivity index (χ1v) is 13.8. The molecular weight excluding hydrogens is 406 g/mol. The Bertz CT molecular complexity index is 780. The molecule has 0 unspecified atom stereocenters. The Morgan fingerprint density at radius 1 is 0.727 bits per heavy atom. The molecule has 0 amide bonds. The summed E-state index contributed by atoms with van der Waals surface area (Å²) in [4.78, 5) is 12.4. The monoisotopic (exact) mass is 453 g/mol. The molecule has 1 aromatic carbocycles. The third-order valence-electron chi connectivity index (χ3n) is 6.50. The molecule has 0 saturated heterocycles. The smallest absolute Gasteiger partial charge is 0.248 e. The summed E-state index contributed by atoms with van der Waals surface area (Å²) in [5.41, 5.74) is 1.60. The van der Waals surface area contributed by atoms with Gasteiger partial charge in [-0.25, -0.2) is 0 Å². The SMILES string of the molecule is CC/C=C/CCCCCCCCCCCCCCCCCCC(=O)n1nnc2ccccc21. The third-order valence-corrected chi connectivity index (χ3v) is 6.50. The van der Waals surface area contributed by atoms with Crippen molar-refractivity contribution in [3.05, 3.63) is 36.4 Å². The average Bonchev–Trinajstić information content (AvgIpc) is 3.27. The Hall–Kier alpha value is -1.97. The highest BCUT2D eigenvalue weighted by Crippen LogP contribution is 2.15. The molecule has 0 N–H and O–H groups in total. The summed E-state index contributed by atoms with van der Waals surface area (Å²) in [5.74, 6) is 0.0588. The zero-order valence-electron chi connectivity index (χ0n) is 21.1. The van der Waals surface area contributed by atoms with Crippen LogP contribution in [0.3, 0.4) is 0 Å². The van der Waals surface area contributed by atoms with E-state index in [1.165, 1.54) is 107 Å². The van der Waals surface area contributed by atoms with Gasteiger partial charge >= 0.3 is 0 Å². The zero-order chi connectivity index (χ0) is 23.4. The summed E-state index contributed by atoms with van der Waals surface area (Å²) in [6, 6.07) is 7.64. The Labute approximate surface area is 202 Å². The van der Waals surface area contributed by atoms with E-state index in [-0.39, 0.29) is 5.91 Å². The minimum absolute atomic E-state index is 0.0588. The van der Waals surface area contributed by atoms with Gasteiger partial charge in [0.05, 0.1) is 5.52 Å². The van der Waals surface area contributed by atoms with E-state index in [2.05, 4.69) is 29.4 Å². The van der Waals surface area contributed by atoms with Crippen molar-refractivity contribution in [1.82, 2.24) is 15.0 Å². The van der Waals surface area contributed by atoms with Crippen molar-refractivity contribution in [2.24, 2.45) is 0 Å². The van der Waals surface area contributed by atoms with Crippen LogP contribution in [-0.2, 0) is 0 Å². The highest BCUT2D eigenvalue weighted by molar-refractivity contribution is 5.88. The second kappa shape index (κ2) is 18.5. The molecule has 4 heteroatoms. The van der Waals surface area contributed by atoms with Crippen molar-refractivity contribution >= 4 is 16.9 Å². The molecule has 0 aliphatic carbocycles.